The third-order valence-corrected chi connectivity index (χ3v) is 4.13. The number of nitrogens with one attached hydrogen (secondary N) is 1. The number of anilines is 1. The van der Waals surface area contributed by atoms with Crippen molar-refractivity contribution in [2.45, 2.75) is 13.0 Å². The Kier molecular flexibility index (Phi) is 3.36. The average Bonchev–Trinajstić information content (AvgIpc) is 2.89. The van der Waals surface area contributed by atoms with E-state index >= 15 is 0 Å². The summed E-state index contributed by atoms with van der Waals surface area (Å²) < 4.78 is 1.09. The highest BCUT2D eigenvalue weighted by atomic mass is 35.5. The molecule has 3 nitrogen and oxygen atoms in total. The summed E-state index contributed by atoms with van der Waals surface area (Å²) >= 11 is 7.55. The van der Waals surface area contributed by atoms with Crippen LogP contribution in [-0.4, -0.2) is 9.97 Å². The lowest BCUT2D eigenvalue weighted by molar-refractivity contribution is 0.876. The van der Waals surface area contributed by atoms with Gasteiger partial charge in [0.25, 0.3) is 0 Å². The van der Waals surface area contributed by atoms with Crippen molar-refractivity contribution in [3.05, 3.63) is 52.6 Å². The first-order valence-electron chi connectivity index (χ1n) is 5.94. The minimum absolute atomic E-state index is 0.164. The van der Waals surface area contributed by atoms with Crippen molar-refractivity contribution in [3.63, 3.8) is 0 Å². The van der Waals surface area contributed by atoms with E-state index in [0.29, 0.717) is 0 Å². The first-order valence-corrected chi connectivity index (χ1v) is 7.20. The maximum Gasteiger partial charge on any atom is 0.147 e. The summed E-state index contributed by atoms with van der Waals surface area (Å²) in [6.07, 6.45) is 1.59. The molecule has 0 saturated carbocycles. The van der Waals surface area contributed by atoms with E-state index in [0.717, 1.165) is 21.1 Å². The van der Waals surface area contributed by atoms with Crippen molar-refractivity contribution >= 4 is 39.0 Å². The number of benzene rings is 1. The molecule has 0 bridgehead atoms. The Bertz CT molecular complexity index is 693. The molecule has 2 heterocycles. The van der Waals surface area contributed by atoms with Crippen molar-refractivity contribution in [3.8, 4) is 0 Å². The van der Waals surface area contributed by atoms with Gasteiger partial charge in [-0.3, -0.25) is 0 Å². The molecule has 0 aliphatic heterocycles. The number of nitrogens with zero attached hydrogens (tertiary/aromatic N) is 2. The Hall–Kier alpha value is -1.65. The van der Waals surface area contributed by atoms with Crippen LogP contribution in [-0.2, 0) is 0 Å². The number of hydrogen-bond donors (Lipinski definition) is 1. The number of fused-ring (bicyclic) bond motifs is 1. The Morgan fingerprint density at radius 2 is 1.95 bits per heavy atom. The van der Waals surface area contributed by atoms with Crippen LogP contribution in [0.1, 0.15) is 18.5 Å². The Balaban J connectivity index is 1.88. The number of thiophene rings is 1. The summed E-state index contributed by atoms with van der Waals surface area (Å²) in [5, 5.41) is 6.20. The lowest BCUT2D eigenvalue weighted by atomic mass is 10.1. The van der Waals surface area contributed by atoms with Gasteiger partial charge in [-0.2, -0.15) is 0 Å². The van der Waals surface area contributed by atoms with E-state index in [-0.39, 0.29) is 6.04 Å². The second kappa shape index (κ2) is 5.15. The molecule has 1 N–H and O–H groups in total. The monoisotopic (exact) mass is 289 g/mol. The Morgan fingerprint density at radius 1 is 1.16 bits per heavy atom. The highest BCUT2D eigenvalue weighted by Crippen LogP contribution is 2.28. The van der Waals surface area contributed by atoms with Gasteiger partial charge in [0.05, 0.1) is 10.2 Å². The van der Waals surface area contributed by atoms with E-state index in [4.69, 9.17) is 11.6 Å². The summed E-state index contributed by atoms with van der Waals surface area (Å²) in [5.41, 5.74) is 2.15. The predicted molar refractivity (Wildman–Crippen MR) is 80.9 cm³/mol. The van der Waals surface area contributed by atoms with Crippen molar-refractivity contribution in [2.24, 2.45) is 0 Å². The fourth-order valence-electron chi connectivity index (χ4n) is 1.93. The summed E-state index contributed by atoms with van der Waals surface area (Å²) in [7, 11) is 0. The number of hydrogen-bond acceptors (Lipinski definition) is 4. The van der Waals surface area contributed by atoms with Crippen LogP contribution in [0.5, 0.6) is 0 Å². The zero-order valence-electron chi connectivity index (χ0n) is 10.3. The summed E-state index contributed by atoms with van der Waals surface area (Å²) in [6.45, 7) is 2.10. The van der Waals surface area contributed by atoms with E-state index in [1.165, 1.54) is 5.56 Å². The van der Waals surface area contributed by atoms with Gasteiger partial charge < -0.3 is 5.32 Å². The smallest absolute Gasteiger partial charge is 0.147 e. The summed E-state index contributed by atoms with van der Waals surface area (Å²) in [6, 6.07) is 10.0. The lowest BCUT2D eigenvalue weighted by Gasteiger charge is -2.15. The molecule has 1 aromatic carbocycles. The van der Waals surface area contributed by atoms with Crippen molar-refractivity contribution in [1.82, 2.24) is 9.97 Å². The van der Waals surface area contributed by atoms with Crippen molar-refractivity contribution in [2.75, 3.05) is 5.32 Å². The maximum atomic E-state index is 5.90. The van der Waals surface area contributed by atoms with Crippen LogP contribution in [0.15, 0.2) is 42.0 Å². The second-order valence-electron chi connectivity index (χ2n) is 4.27. The molecule has 3 aromatic rings. The topological polar surface area (TPSA) is 37.8 Å². The Labute approximate surface area is 120 Å². The predicted octanol–water partition coefficient (Wildman–Crippen LogP) is 4.52. The minimum Gasteiger partial charge on any atom is -0.362 e. The highest BCUT2D eigenvalue weighted by Gasteiger charge is 2.09. The van der Waals surface area contributed by atoms with E-state index in [9.17, 15) is 0 Å². The van der Waals surface area contributed by atoms with Crippen molar-refractivity contribution in [1.29, 1.82) is 0 Å². The SMILES string of the molecule is CC(Nc1ncnc2ccsc12)c1ccc(Cl)cc1. The molecule has 0 amide bonds. The summed E-state index contributed by atoms with van der Waals surface area (Å²) in [4.78, 5) is 8.56. The molecule has 19 heavy (non-hydrogen) atoms. The van der Waals surface area contributed by atoms with Gasteiger partial charge in [-0.05, 0) is 36.1 Å². The first kappa shape index (κ1) is 12.4. The number of rotatable bonds is 3. The van der Waals surface area contributed by atoms with Gasteiger partial charge in [0, 0.05) is 11.1 Å². The summed E-state index contributed by atoms with van der Waals surface area (Å²) in [5.74, 6) is 0.877. The van der Waals surface area contributed by atoms with Crippen molar-refractivity contribution < 1.29 is 0 Å². The van der Waals surface area contributed by atoms with Crippen LogP contribution in [0.25, 0.3) is 10.2 Å². The lowest BCUT2D eigenvalue weighted by Crippen LogP contribution is -2.08. The van der Waals surface area contributed by atoms with E-state index in [2.05, 4.69) is 22.2 Å². The zero-order chi connectivity index (χ0) is 13.2. The highest BCUT2D eigenvalue weighted by molar-refractivity contribution is 7.17. The molecule has 2 aromatic heterocycles. The average molecular weight is 290 g/mol. The normalized spacial score (nSPS) is 12.5. The van der Waals surface area contributed by atoms with Gasteiger partial charge in [0.2, 0.25) is 0 Å². The van der Waals surface area contributed by atoms with Crippen LogP contribution >= 0.6 is 22.9 Å². The standard InChI is InChI=1S/C14H12ClN3S/c1-9(10-2-4-11(15)5-3-10)18-14-13-12(6-7-19-13)16-8-17-14/h2-9H,1H3,(H,16,17,18). The van der Waals surface area contributed by atoms with Crippen LogP contribution in [0.2, 0.25) is 5.02 Å². The molecular formula is C14H12ClN3S. The fourth-order valence-corrected chi connectivity index (χ4v) is 2.86. The van der Waals surface area contributed by atoms with Crippen LogP contribution in [0, 0.1) is 0 Å². The third-order valence-electron chi connectivity index (χ3n) is 2.97. The van der Waals surface area contributed by atoms with Gasteiger partial charge in [-0.25, -0.2) is 9.97 Å². The molecule has 1 unspecified atom stereocenters. The fraction of sp³-hybridized carbons (Fsp3) is 0.143. The van der Waals surface area contributed by atoms with E-state index in [1.54, 1.807) is 17.7 Å². The maximum absolute atomic E-state index is 5.90. The van der Waals surface area contributed by atoms with Crippen LogP contribution in [0.3, 0.4) is 0 Å². The molecule has 5 heteroatoms. The van der Waals surface area contributed by atoms with Crippen LogP contribution < -0.4 is 5.32 Å². The third kappa shape index (κ3) is 2.55. The zero-order valence-corrected chi connectivity index (χ0v) is 11.9. The number of aromatic nitrogens is 2. The largest absolute Gasteiger partial charge is 0.362 e. The Morgan fingerprint density at radius 3 is 2.74 bits per heavy atom. The number of halogens is 1. The molecule has 0 saturated heterocycles. The molecule has 3 rings (SSSR count). The van der Waals surface area contributed by atoms with Gasteiger partial charge in [-0.1, -0.05) is 23.7 Å². The first-order chi connectivity index (χ1) is 9.24. The second-order valence-corrected chi connectivity index (χ2v) is 5.63. The molecule has 96 valence electrons. The molecule has 0 spiro atoms. The van der Waals surface area contributed by atoms with Gasteiger partial charge in [0.1, 0.15) is 12.1 Å². The molecule has 0 radical (unpaired) electrons. The molecule has 0 aliphatic rings. The van der Waals surface area contributed by atoms with E-state index < -0.39 is 0 Å². The quantitative estimate of drug-likeness (QED) is 0.770. The van der Waals surface area contributed by atoms with Gasteiger partial charge in [0.15, 0.2) is 0 Å². The van der Waals surface area contributed by atoms with Crippen LogP contribution in [0.4, 0.5) is 5.82 Å². The van der Waals surface area contributed by atoms with Gasteiger partial charge >= 0.3 is 0 Å². The molecule has 0 aliphatic carbocycles. The molecular weight excluding hydrogens is 278 g/mol. The minimum atomic E-state index is 0.164. The molecule has 1 atom stereocenters. The van der Waals surface area contributed by atoms with E-state index in [1.807, 2.05) is 35.7 Å². The molecule has 0 fully saturated rings. The van der Waals surface area contributed by atoms with Gasteiger partial charge in [-0.15, -0.1) is 11.3 Å².